The van der Waals surface area contributed by atoms with Gasteiger partial charge in [0.1, 0.15) is 11.8 Å². The largest absolute Gasteiger partial charge is 0.482 e. The standard InChI is InChI=1S/C17H24N2O5/c1-2-23-16(20)12-24-14-5-3-13(4-6-14)7-8-19-17(21)15-11-22-10-9-18-15/h3-6,15,18H,2,7-12H2,1H3,(H,19,21). The predicted octanol–water partition coefficient (Wildman–Crippen LogP) is 0.276. The molecule has 0 saturated carbocycles. The van der Waals surface area contributed by atoms with Crippen molar-refractivity contribution in [1.82, 2.24) is 10.6 Å². The van der Waals surface area contributed by atoms with E-state index in [1.54, 1.807) is 19.1 Å². The van der Waals surface area contributed by atoms with E-state index in [0.717, 1.165) is 12.0 Å². The second-order valence-corrected chi connectivity index (χ2v) is 5.36. The van der Waals surface area contributed by atoms with Gasteiger partial charge >= 0.3 is 5.97 Å². The fraction of sp³-hybridized carbons (Fsp3) is 0.529. The van der Waals surface area contributed by atoms with Gasteiger partial charge in [-0.25, -0.2) is 4.79 Å². The maximum Gasteiger partial charge on any atom is 0.344 e. The van der Waals surface area contributed by atoms with Gasteiger partial charge in [0, 0.05) is 13.1 Å². The van der Waals surface area contributed by atoms with Gasteiger partial charge in [0.25, 0.3) is 0 Å². The van der Waals surface area contributed by atoms with E-state index in [9.17, 15) is 9.59 Å². The monoisotopic (exact) mass is 336 g/mol. The maximum absolute atomic E-state index is 11.9. The lowest BCUT2D eigenvalue weighted by Gasteiger charge is -2.22. The fourth-order valence-electron chi connectivity index (χ4n) is 2.28. The van der Waals surface area contributed by atoms with Crippen LogP contribution in [-0.2, 0) is 25.5 Å². The highest BCUT2D eigenvalue weighted by molar-refractivity contribution is 5.81. The summed E-state index contributed by atoms with van der Waals surface area (Å²) in [6, 6.07) is 7.15. The highest BCUT2D eigenvalue weighted by Gasteiger charge is 2.20. The average Bonchev–Trinajstić information content (AvgIpc) is 2.62. The van der Waals surface area contributed by atoms with Crippen molar-refractivity contribution in [3.8, 4) is 5.75 Å². The molecule has 0 radical (unpaired) electrons. The minimum atomic E-state index is -0.385. The Bertz CT molecular complexity index is 526. The van der Waals surface area contributed by atoms with Crippen LogP contribution in [0.5, 0.6) is 5.75 Å². The highest BCUT2D eigenvalue weighted by Crippen LogP contribution is 2.12. The van der Waals surface area contributed by atoms with Gasteiger partial charge in [-0.1, -0.05) is 12.1 Å². The molecule has 1 aromatic carbocycles. The molecule has 132 valence electrons. The molecule has 0 aliphatic carbocycles. The smallest absolute Gasteiger partial charge is 0.344 e. The average molecular weight is 336 g/mol. The van der Waals surface area contributed by atoms with Crippen LogP contribution in [0, 0.1) is 0 Å². The Morgan fingerprint density at radius 2 is 2.12 bits per heavy atom. The van der Waals surface area contributed by atoms with E-state index < -0.39 is 0 Å². The Kier molecular flexibility index (Phi) is 7.51. The molecule has 0 spiro atoms. The molecule has 24 heavy (non-hydrogen) atoms. The van der Waals surface area contributed by atoms with Gasteiger partial charge in [-0.3, -0.25) is 4.79 Å². The van der Waals surface area contributed by atoms with Crippen LogP contribution < -0.4 is 15.4 Å². The summed E-state index contributed by atoms with van der Waals surface area (Å²) in [5.41, 5.74) is 1.08. The number of hydrogen-bond donors (Lipinski definition) is 2. The van der Waals surface area contributed by atoms with Crippen molar-refractivity contribution in [3.63, 3.8) is 0 Å². The molecule has 1 fully saturated rings. The number of carbonyl (C=O) groups excluding carboxylic acids is 2. The maximum atomic E-state index is 11.9. The molecule has 7 heteroatoms. The third-order valence-electron chi connectivity index (χ3n) is 3.54. The SMILES string of the molecule is CCOC(=O)COc1ccc(CCNC(=O)C2COCCN2)cc1. The van der Waals surface area contributed by atoms with E-state index in [0.29, 0.717) is 38.7 Å². The summed E-state index contributed by atoms with van der Waals surface area (Å²) in [5.74, 6) is 0.188. The quantitative estimate of drug-likeness (QED) is 0.663. The molecule has 0 aromatic heterocycles. The summed E-state index contributed by atoms with van der Waals surface area (Å²) in [7, 11) is 0. The van der Waals surface area contributed by atoms with Crippen molar-refractivity contribution in [2.24, 2.45) is 0 Å². The number of ether oxygens (including phenoxy) is 3. The van der Waals surface area contributed by atoms with Gasteiger partial charge in [0.05, 0.1) is 19.8 Å². The van der Waals surface area contributed by atoms with Crippen molar-refractivity contribution in [2.45, 2.75) is 19.4 Å². The van der Waals surface area contributed by atoms with E-state index in [2.05, 4.69) is 10.6 Å². The van der Waals surface area contributed by atoms with Crippen molar-refractivity contribution < 1.29 is 23.8 Å². The van der Waals surface area contributed by atoms with Crippen molar-refractivity contribution in [3.05, 3.63) is 29.8 Å². The second-order valence-electron chi connectivity index (χ2n) is 5.36. The molecule has 1 unspecified atom stereocenters. The Balaban J connectivity index is 1.67. The minimum Gasteiger partial charge on any atom is -0.482 e. The van der Waals surface area contributed by atoms with Crippen molar-refractivity contribution in [1.29, 1.82) is 0 Å². The molecule has 1 atom stereocenters. The van der Waals surface area contributed by atoms with Gasteiger partial charge in [0.15, 0.2) is 6.61 Å². The van der Waals surface area contributed by atoms with Crippen LogP contribution in [-0.4, -0.2) is 57.4 Å². The molecule has 2 N–H and O–H groups in total. The first kappa shape index (κ1) is 18.2. The topological polar surface area (TPSA) is 85.9 Å². The van der Waals surface area contributed by atoms with Crippen LogP contribution in [0.3, 0.4) is 0 Å². The molecule has 1 amide bonds. The van der Waals surface area contributed by atoms with Crippen LogP contribution in [0.25, 0.3) is 0 Å². The van der Waals surface area contributed by atoms with E-state index in [1.807, 2.05) is 12.1 Å². The Morgan fingerprint density at radius 3 is 2.79 bits per heavy atom. The van der Waals surface area contributed by atoms with Gasteiger partial charge in [-0.15, -0.1) is 0 Å². The Labute approximate surface area is 141 Å². The first-order chi connectivity index (χ1) is 11.7. The minimum absolute atomic E-state index is 0.0379. The lowest BCUT2D eigenvalue weighted by atomic mass is 10.1. The zero-order chi connectivity index (χ0) is 17.2. The number of esters is 1. The molecule has 2 rings (SSSR count). The number of nitrogens with one attached hydrogen (secondary N) is 2. The Morgan fingerprint density at radius 1 is 1.33 bits per heavy atom. The second kappa shape index (κ2) is 9.89. The van der Waals surface area contributed by atoms with E-state index in [1.165, 1.54) is 0 Å². The van der Waals surface area contributed by atoms with E-state index >= 15 is 0 Å². The number of morpholine rings is 1. The number of rotatable bonds is 8. The van der Waals surface area contributed by atoms with Crippen molar-refractivity contribution >= 4 is 11.9 Å². The third-order valence-corrected chi connectivity index (χ3v) is 3.54. The fourth-order valence-corrected chi connectivity index (χ4v) is 2.28. The first-order valence-electron chi connectivity index (χ1n) is 8.15. The first-order valence-corrected chi connectivity index (χ1v) is 8.15. The van der Waals surface area contributed by atoms with Crippen LogP contribution >= 0.6 is 0 Å². The summed E-state index contributed by atoms with van der Waals surface area (Å²) >= 11 is 0. The van der Waals surface area contributed by atoms with Gasteiger partial charge < -0.3 is 24.8 Å². The number of carbonyl (C=O) groups is 2. The van der Waals surface area contributed by atoms with Crippen LogP contribution in [0.2, 0.25) is 0 Å². The zero-order valence-corrected chi connectivity index (χ0v) is 13.9. The molecule has 1 aliphatic rings. The zero-order valence-electron chi connectivity index (χ0n) is 13.9. The molecule has 1 aromatic rings. The third kappa shape index (κ3) is 6.17. The van der Waals surface area contributed by atoms with Crippen LogP contribution in [0.15, 0.2) is 24.3 Å². The summed E-state index contributed by atoms with van der Waals surface area (Å²) in [4.78, 5) is 23.1. The number of hydrogen-bond acceptors (Lipinski definition) is 6. The lowest BCUT2D eigenvalue weighted by molar-refractivity contribution is -0.145. The van der Waals surface area contributed by atoms with Crippen LogP contribution in [0.1, 0.15) is 12.5 Å². The van der Waals surface area contributed by atoms with Gasteiger partial charge in [-0.05, 0) is 31.0 Å². The van der Waals surface area contributed by atoms with E-state index in [-0.39, 0.29) is 24.5 Å². The lowest BCUT2D eigenvalue weighted by Crippen LogP contribution is -2.51. The summed E-state index contributed by atoms with van der Waals surface area (Å²) in [6.07, 6.45) is 0.720. The molecule has 1 aliphatic heterocycles. The van der Waals surface area contributed by atoms with Crippen LogP contribution in [0.4, 0.5) is 0 Å². The Hall–Kier alpha value is -2.12. The molecular formula is C17H24N2O5. The van der Waals surface area contributed by atoms with E-state index in [4.69, 9.17) is 14.2 Å². The van der Waals surface area contributed by atoms with Gasteiger partial charge in [-0.2, -0.15) is 0 Å². The molecule has 1 heterocycles. The summed E-state index contributed by atoms with van der Waals surface area (Å²) < 4.78 is 15.4. The molecule has 7 nitrogen and oxygen atoms in total. The normalized spacial score (nSPS) is 17.1. The summed E-state index contributed by atoms with van der Waals surface area (Å²) in [6.45, 7) is 4.32. The number of amides is 1. The molecular weight excluding hydrogens is 312 g/mol. The molecule has 0 bridgehead atoms. The summed E-state index contributed by atoms with van der Waals surface area (Å²) in [5, 5.41) is 6.01. The number of benzene rings is 1. The van der Waals surface area contributed by atoms with Crippen molar-refractivity contribution in [2.75, 3.05) is 39.5 Å². The van der Waals surface area contributed by atoms with Gasteiger partial charge in [0.2, 0.25) is 5.91 Å². The molecule has 1 saturated heterocycles. The highest BCUT2D eigenvalue weighted by atomic mass is 16.6. The predicted molar refractivity (Wildman–Crippen MR) is 87.9 cm³/mol.